The summed E-state index contributed by atoms with van der Waals surface area (Å²) in [4.78, 5) is 0. The number of anilines is 1. The van der Waals surface area contributed by atoms with Crippen molar-refractivity contribution in [1.82, 2.24) is 5.16 Å². The van der Waals surface area contributed by atoms with Gasteiger partial charge in [0.2, 0.25) is 0 Å². The van der Waals surface area contributed by atoms with Gasteiger partial charge in [-0.2, -0.15) is 0 Å². The van der Waals surface area contributed by atoms with Gasteiger partial charge in [-0.05, 0) is 18.4 Å². The second-order valence-corrected chi connectivity index (χ2v) is 5.12. The Hall–Kier alpha value is -2.23. The summed E-state index contributed by atoms with van der Waals surface area (Å²) in [6.45, 7) is 4.29. The van der Waals surface area contributed by atoms with Crippen molar-refractivity contribution in [2.24, 2.45) is 5.92 Å². The minimum atomic E-state index is 0.467. The maximum atomic E-state index is 5.90. The van der Waals surface area contributed by atoms with Crippen LogP contribution < -0.4 is 5.73 Å². The Labute approximate surface area is 111 Å². The lowest BCUT2D eigenvalue weighted by Crippen LogP contribution is -1.98. The number of nitrogen functional groups attached to an aromatic ring is 1. The zero-order valence-electron chi connectivity index (χ0n) is 11.0. The predicted octanol–water partition coefficient (Wildman–Crippen LogP) is 3.87. The molecular weight excluding hydrogens is 240 g/mol. The highest BCUT2D eigenvalue weighted by molar-refractivity contribution is 5.93. The molecule has 0 saturated heterocycles. The molecule has 2 aromatic heterocycles. The van der Waals surface area contributed by atoms with Crippen LogP contribution in [-0.2, 0) is 6.42 Å². The van der Waals surface area contributed by atoms with E-state index in [0.29, 0.717) is 11.7 Å². The zero-order chi connectivity index (χ0) is 13.4. The molecule has 2 N–H and O–H groups in total. The Kier molecular flexibility index (Phi) is 2.78. The van der Waals surface area contributed by atoms with Crippen LogP contribution >= 0.6 is 0 Å². The molecule has 3 rings (SSSR count). The Bertz CT molecular complexity index is 710. The number of para-hydroxylation sites is 1. The van der Waals surface area contributed by atoms with Crippen molar-refractivity contribution in [1.29, 1.82) is 0 Å². The van der Waals surface area contributed by atoms with Gasteiger partial charge >= 0.3 is 0 Å². The van der Waals surface area contributed by atoms with Gasteiger partial charge in [0.05, 0.1) is 5.56 Å². The fourth-order valence-electron chi connectivity index (χ4n) is 2.29. The summed E-state index contributed by atoms with van der Waals surface area (Å²) in [5, 5.41) is 4.91. The molecular formula is C15H16N2O2. The molecule has 3 aromatic rings. The van der Waals surface area contributed by atoms with Crippen molar-refractivity contribution in [3.05, 3.63) is 36.1 Å². The van der Waals surface area contributed by atoms with Crippen molar-refractivity contribution in [2.75, 3.05) is 5.73 Å². The van der Waals surface area contributed by atoms with Crippen LogP contribution in [0.25, 0.3) is 22.3 Å². The quantitative estimate of drug-likeness (QED) is 0.772. The third-order valence-corrected chi connectivity index (χ3v) is 3.16. The van der Waals surface area contributed by atoms with E-state index in [0.717, 1.165) is 34.3 Å². The smallest absolute Gasteiger partial charge is 0.176 e. The largest absolute Gasteiger partial charge is 0.464 e. The molecule has 19 heavy (non-hydrogen) atoms. The fourth-order valence-corrected chi connectivity index (χ4v) is 2.29. The van der Waals surface area contributed by atoms with E-state index in [-0.39, 0.29) is 0 Å². The molecule has 0 spiro atoms. The molecule has 4 nitrogen and oxygen atoms in total. The van der Waals surface area contributed by atoms with Crippen LogP contribution in [0, 0.1) is 5.92 Å². The van der Waals surface area contributed by atoms with Gasteiger partial charge in [0, 0.05) is 10.9 Å². The third kappa shape index (κ3) is 1.99. The van der Waals surface area contributed by atoms with E-state index < -0.39 is 0 Å². The van der Waals surface area contributed by atoms with Crippen LogP contribution in [0.3, 0.4) is 0 Å². The second kappa shape index (κ2) is 4.46. The number of aromatic nitrogens is 1. The van der Waals surface area contributed by atoms with E-state index in [2.05, 4.69) is 19.0 Å². The second-order valence-electron chi connectivity index (χ2n) is 5.12. The van der Waals surface area contributed by atoms with Crippen LogP contribution in [0.15, 0.2) is 39.5 Å². The van der Waals surface area contributed by atoms with Crippen LogP contribution in [0.1, 0.15) is 19.4 Å². The van der Waals surface area contributed by atoms with Gasteiger partial charge in [-0.25, -0.2) is 0 Å². The number of fused-ring (bicyclic) bond motifs is 1. The summed E-state index contributed by atoms with van der Waals surface area (Å²) in [5.41, 5.74) is 8.61. The molecule has 0 bridgehead atoms. The third-order valence-electron chi connectivity index (χ3n) is 3.16. The maximum Gasteiger partial charge on any atom is 0.176 e. The topological polar surface area (TPSA) is 65.2 Å². The molecule has 0 atom stereocenters. The first-order valence-corrected chi connectivity index (χ1v) is 6.37. The predicted molar refractivity (Wildman–Crippen MR) is 74.7 cm³/mol. The van der Waals surface area contributed by atoms with E-state index in [1.165, 1.54) is 0 Å². The summed E-state index contributed by atoms with van der Waals surface area (Å²) < 4.78 is 11.0. The van der Waals surface area contributed by atoms with Crippen molar-refractivity contribution in [2.45, 2.75) is 20.3 Å². The van der Waals surface area contributed by atoms with E-state index in [1.54, 1.807) is 6.26 Å². The molecule has 0 fully saturated rings. The summed E-state index contributed by atoms with van der Waals surface area (Å²) >= 11 is 0. The highest BCUT2D eigenvalue weighted by atomic mass is 16.5. The summed E-state index contributed by atoms with van der Waals surface area (Å²) in [6.07, 6.45) is 2.54. The molecule has 4 heteroatoms. The number of hydrogen-bond acceptors (Lipinski definition) is 4. The van der Waals surface area contributed by atoms with Crippen molar-refractivity contribution >= 4 is 16.8 Å². The molecule has 0 aliphatic heterocycles. The fraction of sp³-hybridized carbons (Fsp3) is 0.267. The number of nitrogens with zero attached hydrogens (tertiary/aromatic N) is 1. The van der Waals surface area contributed by atoms with Gasteiger partial charge in [-0.15, -0.1) is 0 Å². The number of nitrogens with two attached hydrogens (primary N) is 1. The Balaban J connectivity index is 2.16. The molecule has 0 unspecified atom stereocenters. The monoisotopic (exact) mass is 256 g/mol. The van der Waals surface area contributed by atoms with Crippen molar-refractivity contribution in [3.63, 3.8) is 0 Å². The molecule has 0 radical (unpaired) electrons. The molecule has 2 heterocycles. The van der Waals surface area contributed by atoms with E-state index in [9.17, 15) is 0 Å². The molecule has 0 saturated carbocycles. The summed E-state index contributed by atoms with van der Waals surface area (Å²) in [5.74, 6) is 1.67. The average Bonchev–Trinajstić information content (AvgIpc) is 2.94. The summed E-state index contributed by atoms with van der Waals surface area (Å²) in [6, 6.07) is 7.86. The van der Waals surface area contributed by atoms with E-state index in [4.69, 9.17) is 14.7 Å². The molecule has 0 aliphatic rings. The van der Waals surface area contributed by atoms with Gasteiger partial charge in [-0.3, -0.25) is 0 Å². The maximum absolute atomic E-state index is 5.90. The molecule has 0 aliphatic carbocycles. The highest BCUT2D eigenvalue weighted by Crippen LogP contribution is 2.35. The van der Waals surface area contributed by atoms with Crippen molar-refractivity contribution < 1.29 is 8.94 Å². The Morgan fingerprint density at radius 1 is 1.26 bits per heavy atom. The van der Waals surface area contributed by atoms with Gasteiger partial charge in [-0.1, -0.05) is 37.2 Å². The lowest BCUT2D eigenvalue weighted by atomic mass is 9.99. The Morgan fingerprint density at radius 2 is 2.05 bits per heavy atom. The van der Waals surface area contributed by atoms with Crippen LogP contribution in [0.4, 0.5) is 5.82 Å². The zero-order valence-corrected chi connectivity index (χ0v) is 11.0. The first-order chi connectivity index (χ1) is 9.16. The van der Waals surface area contributed by atoms with Crippen LogP contribution in [-0.4, -0.2) is 5.16 Å². The Morgan fingerprint density at radius 3 is 2.84 bits per heavy atom. The summed E-state index contributed by atoms with van der Waals surface area (Å²) in [7, 11) is 0. The molecule has 98 valence electrons. The van der Waals surface area contributed by atoms with E-state index in [1.807, 2.05) is 24.3 Å². The first kappa shape index (κ1) is 11.8. The highest BCUT2D eigenvalue weighted by Gasteiger charge is 2.20. The number of hydrogen-bond donors (Lipinski definition) is 1. The van der Waals surface area contributed by atoms with Crippen LogP contribution in [0.2, 0.25) is 0 Å². The molecule has 0 amide bonds. The molecule has 1 aromatic carbocycles. The average molecular weight is 256 g/mol. The van der Waals surface area contributed by atoms with Gasteiger partial charge in [0.25, 0.3) is 0 Å². The van der Waals surface area contributed by atoms with Gasteiger partial charge in [0.1, 0.15) is 11.8 Å². The normalized spacial score (nSPS) is 11.5. The minimum absolute atomic E-state index is 0.467. The van der Waals surface area contributed by atoms with E-state index >= 15 is 0 Å². The van der Waals surface area contributed by atoms with Gasteiger partial charge in [0.15, 0.2) is 11.6 Å². The standard InChI is InChI=1S/C15H16N2O2/c1-9(2)7-11-14(19-17-15(11)16)12-8-18-13-6-4-3-5-10(12)13/h3-6,8-9H,7H2,1-2H3,(H2,16,17). The van der Waals surface area contributed by atoms with Crippen LogP contribution in [0.5, 0.6) is 0 Å². The number of benzene rings is 1. The SMILES string of the molecule is CC(C)Cc1c(N)noc1-c1coc2ccccc12. The minimum Gasteiger partial charge on any atom is -0.464 e. The lowest BCUT2D eigenvalue weighted by molar-refractivity contribution is 0.434. The first-order valence-electron chi connectivity index (χ1n) is 6.37. The van der Waals surface area contributed by atoms with Gasteiger partial charge < -0.3 is 14.7 Å². The van der Waals surface area contributed by atoms with Crippen molar-refractivity contribution in [3.8, 4) is 11.3 Å². The number of rotatable bonds is 3. The lowest BCUT2D eigenvalue weighted by Gasteiger charge is -2.04. The number of furan rings is 1.